The van der Waals surface area contributed by atoms with E-state index in [0.717, 1.165) is 19.3 Å². The molecule has 4 N–H and O–H groups in total. The third-order valence-electron chi connectivity index (χ3n) is 6.61. The lowest BCUT2D eigenvalue weighted by atomic mass is 9.96. The molecule has 1 aromatic heterocycles. The number of benzene rings is 2. The topological polar surface area (TPSA) is 135 Å². The van der Waals surface area contributed by atoms with Crippen LogP contribution in [-0.4, -0.2) is 54.1 Å². The average molecular weight is 538 g/mol. The van der Waals surface area contributed by atoms with Gasteiger partial charge in [0.25, 0.3) is 0 Å². The van der Waals surface area contributed by atoms with E-state index in [2.05, 4.69) is 37.6 Å². The smallest absolute Gasteiger partial charge is 0.413 e. The normalized spacial score (nSPS) is 13.4. The van der Waals surface area contributed by atoms with Gasteiger partial charge in [0.2, 0.25) is 5.95 Å². The molecule has 4 rings (SSSR count). The predicted octanol–water partition coefficient (Wildman–Crippen LogP) is 5.12. The summed E-state index contributed by atoms with van der Waals surface area (Å²) in [5.74, 6) is -0.0568. The third-order valence-corrected chi connectivity index (χ3v) is 6.61. The van der Waals surface area contributed by atoms with E-state index in [-0.39, 0.29) is 24.8 Å². The second-order valence-corrected chi connectivity index (χ2v) is 9.79. The zero-order chi connectivity index (χ0) is 28.0. The van der Waals surface area contributed by atoms with E-state index in [0.29, 0.717) is 45.7 Å². The van der Waals surface area contributed by atoms with Crippen molar-refractivity contribution in [3.05, 3.63) is 54.0 Å². The molecule has 3 aromatic rings. The molecule has 1 heterocycles. The number of aliphatic hydroxyl groups is 1. The number of amides is 3. The maximum Gasteiger partial charge on any atom is 0.413 e. The highest BCUT2D eigenvalue weighted by Gasteiger charge is 2.36. The number of nitrogens with one attached hydrogen (secondary N) is 3. The van der Waals surface area contributed by atoms with Crippen LogP contribution in [-0.2, 0) is 4.74 Å². The second-order valence-electron chi connectivity index (χ2n) is 9.79. The van der Waals surface area contributed by atoms with Crippen molar-refractivity contribution in [1.82, 2.24) is 15.3 Å². The maximum absolute atomic E-state index is 14.8. The number of ether oxygens (including phenoxy) is 2. The largest absolute Gasteiger partial charge is 0.491 e. The molecule has 0 atom stereocenters. The molecule has 10 nitrogen and oxygen atoms in total. The SMILES string of the molecule is COC(=O)Nc1nccc(-c2cc(OCCO)cc(-c3cc(NC(=O)NCCC4(C)CC4)c(F)cc3C)c2)n1. The number of aliphatic hydroxyl groups excluding tert-OH is 1. The first-order valence-corrected chi connectivity index (χ1v) is 12.6. The number of anilines is 2. The van der Waals surface area contributed by atoms with Crippen molar-refractivity contribution in [1.29, 1.82) is 0 Å². The maximum atomic E-state index is 14.8. The number of carbonyl (C=O) groups is 2. The van der Waals surface area contributed by atoms with Gasteiger partial charge in [-0.2, -0.15) is 0 Å². The first-order chi connectivity index (χ1) is 18.7. The number of rotatable bonds is 10. The van der Waals surface area contributed by atoms with Gasteiger partial charge in [-0.3, -0.25) is 5.32 Å². The number of carbonyl (C=O) groups excluding carboxylic acids is 2. The molecule has 2 aromatic carbocycles. The predicted molar refractivity (Wildman–Crippen MR) is 145 cm³/mol. The van der Waals surface area contributed by atoms with Crippen molar-refractivity contribution < 1.29 is 28.6 Å². The quantitative estimate of drug-likeness (QED) is 0.282. The Balaban J connectivity index is 1.64. The number of urea groups is 1. The second kappa shape index (κ2) is 12.1. The average Bonchev–Trinajstić information content (AvgIpc) is 3.65. The number of nitrogens with zero attached hydrogens (tertiary/aromatic N) is 2. The minimum Gasteiger partial charge on any atom is -0.491 e. The van der Waals surface area contributed by atoms with E-state index in [4.69, 9.17) is 4.74 Å². The molecule has 0 spiro atoms. The summed E-state index contributed by atoms with van der Waals surface area (Å²) in [5, 5.41) is 17.1. The van der Waals surface area contributed by atoms with Crippen LogP contribution in [0.4, 0.5) is 25.6 Å². The lowest BCUT2D eigenvalue weighted by Crippen LogP contribution is -2.30. The molecular weight excluding hydrogens is 505 g/mol. The van der Waals surface area contributed by atoms with Crippen LogP contribution in [0.2, 0.25) is 0 Å². The van der Waals surface area contributed by atoms with Crippen LogP contribution in [0.1, 0.15) is 31.7 Å². The zero-order valence-corrected chi connectivity index (χ0v) is 22.1. The summed E-state index contributed by atoms with van der Waals surface area (Å²) in [6.45, 7) is 4.35. The molecule has 1 fully saturated rings. The van der Waals surface area contributed by atoms with E-state index in [1.807, 2.05) is 6.07 Å². The van der Waals surface area contributed by atoms with Gasteiger partial charge in [-0.25, -0.2) is 23.9 Å². The number of methoxy groups -OCH3 is 1. The summed E-state index contributed by atoms with van der Waals surface area (Å²) in [4.78, 5) is 32.5. The van der Waals surface area contributed by atoms with Crippen LogP contribution in [0.25, 0.3) is 22.4 Å². The lowest BCUT2D eigenvalue weighted by molar-refractivity contribution is 0.186. The highest BCUT2D eigenvalue weighted by molar-refractivity contribution is 5.91. The van der Waals surface area contributed by atoms with Crippen molar-refractivity contribution in [2.24, 2.45) is 5.41 Å². The summed E-state index contributed by atoms with van der Waals surface area (Å²) < 4.78 is 25.1. The summed E-state index contributed by atoms with van der Waals surface area (Å²) in [6, 6.07) is 9.44. The van der Waals surface area contributed by atoms with Crippen molar-refractivity contribution in [2.45, 2.75) is 33.1 Å². The summed E-state index contributed by atoms with van der Waals surface area (Å²) in [5.41, 5.74) is 3.42. The Labute approximate surface area is 226 Å². The van der Waals surface area contributed by atoms with Gasteiger partial charge in [-0.1, -0.05) is 6.92 Å². The van der Waals surface area contributed by atoms with Gasteiger partial charge in [-0.05, 0) is 84.7 Å². The van der Waals surface area contributed by atoms with Gasteiger partial charge < -0.3 is 25.2 Å². The Morgan fingerprint density at radius 1 is 1.13 bits per heavy atom. The molecule has 39 heavy (non-hydrogen) atoms. The fourth-order valence-corrected chi connectivity index (χ4v) is 4.06. The van der Waals surface area contributed by atoms with E-state index < -0.39 is 17.9 Å². The van der Waals surface area contributed by atoms with Crippen molar-refractivity contribution in [3.8, 4) is 28.1 Å². The molecule has 0 radical (unpaired) electrons. The van der Waals surface area contributed by atoms with E-state index >= 15 is 0 Å². The lowest BCUT2D eigenvalue weighted by Gasteiger charge is -2.15. The minimum atomic E-state index is -0.708. The van der Waals surface area contributed by atoms with Crippen LogP contribution in [0.3, 0.4) is 0 Å². The molecule has 3 amide bonds. The molecule has 0 saturated heterocycles. The van der Waals surface area contributed by atoms with Crippen molar-refractivity contribution >= 4 is 23.8 Å². The molecule has 0 bridgehead atoms. The molecule has 0 unspecified atom stereocenters. The number of halogens is 1. The first kappa shape index (κ1) is 27.8. The molecule has 206 valence electrons. The summed E-state index contributed by atoms with van der Waals surface area (Å²) >= 11 is 0. The van der Waals surface area contributed by atoms with Gasteiger partial charge in [-0.15, -0.1) is 0 Å². The van der Waals surface area contributed by atoms with Crippen molar-refractivity contribution in [2.75, 3.05) is 37.5 Å². The molecule has 1 aliphatic rings. The Morgan fingerprint density at radius 2 is 1.90 bits per heavy atom. The molecular formula is C28H32FN5O5. The van der Waals surface area contributed by atoms with Crippen LogP contribution >= 0.6 is 0 Å². The molecule has 1 saturated carbocycles. The summed E-state index contributed by atoms with van der Waals surface area (Å²) in [6.07, 6.45) is 3.98. The Morgan fingerprint density at radius 3 is 2.62 bits per heavy atom. The van der Waals surface area contributed by atoms with E-state index in [1.165, 1.54) is 19.4 Å². The van der Waals surface area contributed by atoms with Crippen LogP contribution in [0.15, 0.2) is 42.6 Å². The third kappa shape index (κ3) is 7.41. The first-order valence-electron chi connectivity index (χ1n) is 12.6. The zero-order valence-electron chi connectivity index (χ0n) is 22.1. The highest BCUT2D eigenvalue weighted by atomic mass is 19.1. The summed E-state index contributed by atoms with van der Waals surface area (Å²) in [7, 11) is 1.24. The van der Waals surface area contributed by atoms with Crippen LogP contribution in [0.5, 0.6) is 5.75 Å². The highest BCUT2D eigenvalue weighted by Crippen LogP contribution is 2.47. The molecule has 11 heteroatoms. The number of aromatic nitrogens is 2. The Hall–Kier alpha value is -4.25. The fraction of sp³-hybridized carbons (Fsp3) is 0.357. The molecule has 1 aliphatic carbocycles. The molecule has 0 aliphatic heterocycles. The van der Waals surface area contributed by atoms with E-state index in [9.17, 15) is 19.1 Å². The van der Waals surface area contributed by atoms with Gasteiger partial charge >= 0.3 is 12.1 Å². The standard InChI is InChI=1S/C28H32FN5O5/c1-17-12-22(29)24(33-26(36)31-9-7-28(2)5-6-28)16-21(17)18-13-19(15-20(14-18)39-11-10-35)23-4-8-30-25(32-23)34-27(37)38-3/h4,8,12-16,35H,5-7,9-11H2,1-3H3,(H2,31,33,36)(H,30,32,34,37). The van der Waals surface area contributed by atoms with Gasteiger partial charge in [0.1, 0.15) is 18.2 Å². The minimum absolute atomic E-state index is 0.0422. The van der Waals surface area contributed by atoms with E-state index in [1.54, 1.807) is 31.2 Å². The van der Waals surface area contributed by atoms with Crippen LogP contribution < -0.4 is 20.7 Å². The van der Waals surface area contributed by atoms with Gasteiger partial charge in [0, 0.05) is 18.3 Å². The van der Waals surface area contributed by atoms with Crippen LogP contribution in [0, 0.1) is 18.2 Å². The van der Waals surface area contributed by atoms with Crippen molar-refractivity contribution in [3.63, 3.8) is 0 Å². The Kier molecular flexibility index (Phi) is 8.60. The fourth-order valence-electron chi connectivity index (χ4n) is 4.06. The number of hydrogen-bond donors (Lipinski definition) is 4. The van der Waals surface area contributed by atoms with Gasteiger partial charge in [0.15, 0.2) is 0 Å². The Bertz CT molecular complexity index is 1360. The number of aryl methyl sites for hydroxylation is 1. The monoisotopic (exact) mass is 537 g/mol. The number of hydrogen-bond acceptors (Lipinski definition) is 7. The van der Waals surface area contributed by atoms with Gasteiger partial charge in [0.05, 0.1) is 25.1 Å².